The van der Waals surface area contributed by atoms with Crippen molar-refractivity contribution in [2.75, 3.05) is 7.11 Å². The number of nitrogens with zero attached hydrogens (tertiary/aromatic N) is 1. The standard InChI is InChI=1S/C11H13NO2/c1-4-9-5-10(7-12-6-9)8(2)11(13)14-3/h4-8H,1H2,2-3H3. The third-order valence-corrected chi connectivity index (χ3v) is 2.07. The van der Waals surface area contributed by atoms with Gasteiger partial charge in [-0.05, 0) is 24.1 Å². The van der Waals surface area contributed by atoms with Gasteiger partial charge in [-0.3, -0.25) is 9.78 Å². The molecule has 14 heavy (non-hydrogen) atoms. The minimum absolute atomic E-state index is 0.256. The Kier molecular flexibility index (Phi) is 3.40. The molecule has 1 unspecified atom stereocenters. The van der Waals surface area contributed by atoms with Crippen molar-refractivity contribution in [3.8, 4) is 0 Å². The van der Waals surface area contributed by atoms with Gasteiger partial charge in [-0.1, -0.05) is 12.7 Å². The van der Waals surface area contributed by atoms with Gasteiger partial charge in [0, 0.05) is 12.4 Å². The first-order valence-electron chi connectivity index (χ1n) is 4.34. The van der Waals surface area contributed by atoms with Crippen molar-refractivity contribution in [1.82, 2.24) is 4.98 Å². The van der Waals surface area contributed by atoms with Crippen molar-refractivity contribution >= 4 is 12.0 Å². The van der Waals surface area contributed by atoms with E-state index in [2.05, 4.69) is 16.3 Å². The van der Waals surface area contributed by atoms with E-state index in [4.69, 9.17) is 0 Å². The van der Waals surface area contributed by atoms with Gasteiger partial charge in [0.1, 0.15) is 0 Å². The van der Waals surface area contributed by atoms with Gasteiger partial charge in [0.2, 0.25) is 0 Å². The number of esters is 1. The van der Waals surface area contributed by atoms with Crippen molar-refractivity contribution < 1.29 is 9.53 Å². The fourth-order valence-electron chi connectivity index (χ4n) is 1.14. The summed E-state index contributed by atoms with van der Waals surface area (Å²) in [5.41, 5.74) is 1.74. The molecule has 1 aromatic heterocycles. The quantitative estimate of drug-likeness (QED) is 0.686. The van der Waals surface area contributed by atoms with Crippen LogP contribution in [0, 0.1) is 0 Å². The van der Waals surface area contributed by atoms with Gasteiger partial charge in [-0.15, -0.1) is 0 Å². The molecule has 0 N–H and O–H groups in total. The SMILES string of the molecule is C=Cc1cncc(C(C)C(=O)OC)c1. The number of methoxy groups -OCH3 is 1. The van der Waals surface area contributed by atoms with E-state index in [1.54, 1.807) is 25.4 Å². The number of carbonyl (C=O) groups excluding carboxylic acids is 1. The average molecular weight is 191 g/mol. The number of rotatable bonds is 3. The summed E-state index contributed by atoms with van der Waals surface area (Å²) in [4.78, 5) is 15.3. The molecule has 0 radical (unpaired) electrons. The van der Waals surface area contributed by atoms with Crippen LogP contribution >= 0.6 is 0 Å². The molecule has 0 saturated carbocycles. The van der Waals surface area contributed by atoms with Crippen LogP contribution in [0.5, 0.6) is 0 Å². The molecule has 0 saturated heterocycles. The number of hydrogen-bond acceptors (Lipinski definition) is 3. The third-order valence-electron chi connectivity index (χ3n) is 2.07. The lowest BCUT2D eigenvalue weighted by Crippen LogP contribution is -2.11. The first kappa shape index (κ1) is 10.4. The zero-order valence-electron chi connectivity index (χ0n) is 8.36. The number of aromatic nitrogens is 1. The molecule has 0 aliphatic heterocycles. The van der Waals surface area contributed by atoms with E-state index >= 15 is 0 Å². The minimum atomic E-state index is -0.285. The summed E-state index contributed by atoms with van der Waals surface area (Å²) < 4.78 is 4.65. The fraction of sp³-hybridized carbons (Fsp3) is 0.273. The van der Waals surface area contributed by atoms with Gasteiger partial charge >= 0.3 is 5.97 Å². The predicted octanol–water partition coefficient (Wildman–Crippen LogP) is 2.00. The molecule has 0 spiro atoms. The van der Waals surface area contributed by atoms with Crippen molar-refractivity contribution in [2.45, 2.75) is 12.8 Å². The Morgan fingerprint density at radius 3 is 2.93 bits per heavy atom. The topological polar surface area (TPSA) is 39.2 Å². The molecule has 3 heteroatoms. The maximum atomic E-state index is 11.2. The van der Waals surface area contributed by atoms with Crippen LogP contribution < -0.4 is 0 Å². The molecule has 0 fully saturated rings. The van der Waals surface area contributed by atoms with Gasteiger partial charge in [0.25, 0.3) is 0 Å². The normalized spacial score (nSPS) is 11.9. The second-order valence-electron chi connectivity index (χ2n) is 3.00. The van der Waals surface area contributed by atoms with Crippen LogP contribution in [0.1, 0.15) is 24.0 Å². The first-order valence-corrected chi connectivity index (χ1v) is 4.34. The van der Waals surface area contributed by atoms with Crippen molar-refractivity contribution in [3.05, 3.63) is 36.2 Å². The van der Waals surface area contributed by atoms with Gasteiger partial charge in [-0.2, -0.15) is 0 Å². The highest BCUT2D eigenvalue weighted by molar-refractivity contribution is 5.77. The summed E-state index contributed by atoms with van der Waals surface area (Å²) >= 11 is 0. The molecule has 0 amide bonds. The molecular weight excluding hydrogens is 178 g/mol. The van der Waals surface area contributed by atoms with Gasteiger partial charge < -0.3 is 4.74 Å². The summed E-state index contributed by atoms with van der Waals surface area (Å²) in [6.45, 7) is 5.43. The Morgan fingerprint density at radius 1 is 1.64 bits per heavy atom. The predicted molar refractivity (Wildman–Crippen MR) is 54.8 cm³/mol. The Labute approximate surface area is 83.4 Å². The largest absolute Gasteiger partial charge is 0.469 e. The lowest BCUT2D eigenvalue weighted by molar-refractivity contribution is -0.141. The maximum Gasteiger partial charge on any atom is 0.312 e. The molecule has 1 aromatic rings. The van der Waals surface area contributed by atoms with Crippen LogP contribution in [0.25, 0.3) is 6.08 Å². The van der Waals surface area contributed by atoms with E-state index in [-0.39, 0.29) is 11.9 Å². The average Bonchev–Trinajstić information content (AvgIpc) is 2.27. The Bertz CT molecular complexity index is 347. The van der Waals surface area contributed by atoms with Crippen LogP contribution in [0.3, 0.4) is 0 Å². The highest BCUT2D eigenvalue weighted by Gasteiger charge is 2.15. The summed E-state index contributed by atoms with van der Waals surface area (Å²) in [6, 6.07) is 1.88. The zero-order valence-corrected chi connectivity index (χ0v) is 8.36. The van der Waals surface area contributed by atoms with Crippen molar-refractivity contribution in [1.29, 1.82) is 0 Å². The van der Waals surface area contributed by atoms with Crippen molar-refractivity contribution in [3.63, 3.8) is 0 Å². The Morgan fingerprint density at radius 2 is 2.36 bits per heavy atom. The summed E-state index contributed by atoms with van der Waals surface area (Å²) in [6.07, 6.45) is 5.05. The van der Waals surface area contributed by atoms with Crippen LogP contribution in [-0.4, -0.2) is 18.1 Å². The van der Waals surface area contributed by atoms with Gasteiger partial charge in [-0.25, -0.2) is 0 Å². The molecule has 74 valence electrons. The molecule has 0 aliphatic carbocycles. The van der Waals surface area contributed by atoms with E-state index in [0.29, 0.717) is 0 Å². The molecule has 1 heterocycles. The minimum Gasteiger partial charge on any atom is -0.469 e. The first-order chi connectivity index (χ1) is 6.69. The fourth-order valence-corrected chi connectivity index (χ4v) is 1.14. The summed E-state index contributed by atoms with van der Waals surface area (Å²) in [7, 11) is 1.38. The van der Waals surface area contributed by atoms with E-state index < -0.39 is 0 Å². The number of ether oxygens (including phenoxy) is 1. The van der Waals surface area contributed by atoms with E-state index in [1.807, 2.05) is 6.07 Å². The van der Waals surface area contributed by atoms with Crippen LogP contribution in [0.15, 0.2) is 25.0 Å². The van der Waals surface area contributed by atoms with Crippen LogP contribution in [-0.2, 0) is 9.53 Å². The third kappa shape index (κ3) is 2.19. The second-order valence-corrected chi connectivity index (χ2v) is 3.00. The molecule has 0 aromatic carbocycles. The Hall–Kier alpha value is -1.64. The number of carbonyl (C=O) groups is 1. The monoisotopic (exact) mass is 191 g/mol. The highest BCUT2D eigenvalue weighted by Crippen LogP contribution is 2.16. The second kappa shape index (κ2) is 4.56. The molecule has 0 aliphatic rings. The smallest absolute Gasteiger partial charge is 0.312 e. The van der Waals surface area contributed by atoms with Gasteiger partial charge in [0.05, 0.1) is 13.0 Å². The van der Waals surface area contributed by atoms with E-state index in [0.717, 1.165) is 11.1 Å². The highest BCUT2D eigenvalue weighted by atomic mass is 16.5. The van der Waals surface area contributed by atoms with E-state index in [1.165, 1.54) is 7.11 Å². The molecule has 0 bridgehead atoms. The summed E-state index contributed by atoms with van der Waals surface area (Å²) in [5.74, 6) is -0.541. The van der Waals surface area contributed by atoms with Crippen LogP contribution in [0.2, 0.25) is 0 Å². The zero-order chi connectivity index (χ0) is 10.6. The lowest BCUT2D eigenvalue weighted by Gasteiger charge is -2.08. The molecular formula is C11H13NO2. The van der Waals surface area contributed by atoms with Gasteiger partial charge in [0.15, 0.2) is 0 Å². The van der Waals surface area contributed by atoms with Crippen LogP contribution in [0.4, 0.5) is 0 Å². The molecule has 3 nitrogen and oxygen atoms in total. The summed E-state index contributed by atoms with van der Waals surface area (Å²) in [5, 5.41) is 0. The maximum absolute atomic E-state index is 11.2. The van der Waals surface area contributed by atoms with Crippen molar-refractivity contribution in [2.24, 2.45) is 0 Å². The van der Waals surface area contributed by atoms with E-state index in [9.17, 15) is 4.79 Å². The Balaban J connectivity index is 2.94. The molecule has 1 rings (SSSR count). The number of pyridine rings is 1. The lowest BCUT2D eigenvalue weighted by atomic mass is 10.0. The molecule has 1 atom stereocenters. The number of hydrogen-bond donors (Lipinski definition) is 0.